The van der Waals surface area contributed by atoms with Crippen LogP contribution in [0.5, 0.6) is 0 Å². The molecule has 0 aromatic heterocycles. The molecule has 2 unspecified atom stereocenters. The summed E-state index contributed by atoms with van der Waals surface area (Å²) in [7, 11) is 0. The van der Waals surface area contributed by atoms with Crippen LogP contribution in [0.25, 0.3) is 11.1 Å². The van der Waals surface area contributed by atoms with Crippen molar-refractivity contribution in [1.29, 1.82) is 0 Å². The number of ketones is 1. The van der Waals surface area contributed by atoms with Crippen LogP contribution in [-0.2, 0) is 0 Å². The van der Waals surface area contributed by atoms with E-state index in [4.69, 9.17) is 0 Å². The lowest BCUT2D eigenvalue weighted by Gasteiger charge is -2.43. The molecule has 3 aromatic carbocycles. The van der Waals surface area contributed by atoms with E-state index in [9.17, 15) is 9.59 Å². The number of carbonyl (C=O) groups excluding carboxylic acids is 2. The Hall–Kier alpha value is -3.74. The number of Topliss-reactive ketones (excluding diaryl/α,β-unsaturated/α-hetero) is 1. The van der Waals surface area contributed by atoms with Gasteiger partial charge in [0.25, 0.3) is 5.91 Å². The number of fused-ring (bicyclic) bond motifs is 3. The number of thioether (sulfide) groups is 1. The largest absolute Gasteiger partial charge is 0.366 e. The van der Waals surface area contributed by atoms with Crippen LogP contribution in [0.2, 0.25) is 0 Å². The lowest BCUT2D eigenvalue weighted by Crippen LogP contribution is -2.48. The molecule has 204 valence electrons. The second kappa shape index (κ2) is 12.2. The van der Waals surface area contributed by atoms with E-state index in [2.05, 4.69) is 40.9 Å². The molecule has 1 aliphatic carbocycles. The number of halogens is 1. The molecule has 5 nitrogen and oxygen atoms in total. The van der Waals surface area contributed by atoms with Gasteiger partial charge in [0.15, 0.2) is 5.78 Å². The second-order valence-corrected chi connectivity index (χ2v) is 11.2. The van der Waals surface area contributed by atoms with Crippen molar-refractivity contribution in [2.75, 3.05) is 23.4 Å². The maximum atomic E-state index is 13.9. The van der Waals surface area contributed by atoms with E-state index in [0.717, 1.165) is 35.6 Å². The highest BCUT2D eigenvalue weighted by molar-refractivity contribution is 7.99. The van der Waals surface area contributed by atoms with Gasteiger partial charge in [0.1, 0.15) is 0 Å². The maximum absolute atomic E-state index is 13.9. The van der Waals surface area contributed by atoms with Crippen LogP contribution in [-0.4, -0.2) is 40.7 Å². The lowest BCUT2D eigenvalue weighted by molar-refractivity contribution is 0.0848. The quantitative estimate of drug-likeness (QED) is 0.327. The summed E-state index contributed by atoms with van der Waals surface area (Å²) >= 11 is 1.93. The Morgan fingerprint density at radius 3 is 2.50 bits per heavy atom. The van der Waals surface area contributed by atoms with E-state index >= 15 is 0 Å². The number of hydrogen-bond donors (Lipinski definition) is 2. The third kappa shape index (κ3) is 5.47. The van der Waals surface area contributed by atoms with Crippen LogP contribution in [0.3, 0.4) is 0 Å². The molecule has 3 aliphatic rings. The number of allylic oxidation sites excluding steroid dienone is 1. The number of carbonyl (C=O) groups is 2. The fourth-order valence-corrected chi connectivity index (χ4v) is 6.68. The van der Waals surface area contributed by atoms with E-state index in [1.807, 2.05) is 90.6 Å². The average molecular weight is 570 g/mol. The summed E-state index contributed by atoms with van der Waals surface area (Å²) in [5.74, 6) is 1.82. The monoisotopic (exact) mass is 569 g/mol. The number of anilines is 1. The zero-order valence-corrected chi connectivity index (χ0v) is 23.9. The molecule has 1 fully saturated rings. The van der Waals surface area contributed by atoms with Gasteiger partial charge in [-0.2, -0.15) is 11.8 Å². The molecular formula is C33H32ClN3O2S. The number of hydrogen-bond acceptors (Lipinski definition) is 5. The molecule has 2 aliphatic heterocycles. The molecule has 0 spiro atoms. The van der Waals surface area contributed by atoms with E-state index in [-0.39, 0.29) is 36.1 Å². The third-order valence-electron chi connectivity index (χ3n) is 7.77. The fourth-order valence-electron chi connectivity index (χ4n) is 5.75. The molecule has 2 N–H and O–H groups in total. The molecule has 3 aromatic rings. The minimum Gasteiger partial charge on any atom is -0.366 e. The topological polar surface area (TPSA) is 61.4 Å². The van der Waals surface area contributed by atoms with Crippen molar-refractivity contribution < 1.29 is 9.59 Å². The minimum atomic E-state index is -0.176. The van der Waals surface area contributed by atoms with Gasteiger partial charge in [0.2, 0.25) is 0 Å². The minimum absolute atomic E-state index is 0. The highest BCUT2D eigenvalue weighted by atomic mass is 35.5. The first-order valence-corrected chi connectivity index (χ1v) is 14.5. The van der Waals surface area contributed by atoms with Crippen molar-refractivity contribution in [2.24, 2.45) is 5.92 Å². The molecule has 7 heteroatoms. The van der Waals surface area contributed by atoms with Crippen molar-refractivity contribution in [3.05, 3.63) is 125 Å². The van der Waals surface area contributed by atoms with Gasteiger partial charge < -0.3 is 15.5 Å². The first-order valence-electron chi connectivity index (χ1n) is 13.4. The van der Waals surface area contributed by atoms with Gasteiger partial charge in [-0.3, -0.25) is 9.59 Å². The number of benzene rings is 3. The molecule has 1 amide bonds. The number of amides is 1. The Bertz CT molecular complexity index is 1500. The predicted molar refractivity (Wildman–Crippen MR) is 167 cm³/mol. The molecule has 0 saturated carbocycles. The molecule has 2 heterocycles. The SMILES string of the molecule is CC1=CCC(C(=O)c2ccc(NC(=O)c3ccccc3-c3ccccc3)cc2)C2C1=CNC=C1CSCCN12.Cl. The van der Waals surface area contributed by atoms with Crippen molar-refractivity contribution in [3.63, 3.8) is 0 Å². The number of rotatable bonds is 5. The molecule has 6 rings (SSSR count). The van der Waals surface area contributed by atoms with Crippen LogP contribution in [0.15, 0.2) is 114 Å². The molecule has 1 saturated heterocycles. The molecule has 2 atom stereocenters. The Balaban J connectivity index is 0.00000323. The first-order chi connectivity index (χ1) is 19.1. The molecule has 0 radical (unpaired) electrons. The Labute approximate surface area is 245 Å². The fraction of sp³-hybridized carbons (Fsp3) is 0.212. The van der Waals surface area contributed by atoms with E-state index < -0.39 is 0 Å². The van der Waals surface area contributed by atoms with Gasteiger partial charge in [0.05, 0.1) is 12.0 Å². The standard InChI is InChI=1S/C33H31N3O2S.ClH/c1-22-11-16-29(31-30(22)20-34-19-26-21-39-18-17-36(26)31)32(37)24-12-14-25(15-13-24)35-33(38)28-10-6-5-9-27(28)23-7-3-2-4-8-23;/h2-15,19-20,29,31,34H,16-18,21H2,1H3,(H,35,38);1H. The van der Waals surface area contributed by atoms with Gasteiger partial charge in [-0.1, -0.05) is 54.6 Å². The molecule has 40 heavy (non-hydrogen) atoms. The summed E-state index contributed by atoms with van der Waals surface area (Å²) in [5.41, 5.74) is 7.50. The number of nitrogens with one attached hydrogen (secondary N) is 2. The lowest BCUT2D eigenvalue weighted by atomic mass is 9.77. The van der Waals surface area contributed by atoms with Crippen LogP contribution >= 0.6 is 24.2 Å². The average Bonchev–Trinajstić information content (AvgIpc) is 3.18. The van der Waals surface area contributed by atoms with Crippen LogP contribution in [0.4, 0.5) is 5.69 Å². The van der Waals surface area contributed by atoms with Gasteiger partial charge in [-0.05, 0) is 65.9 Å². The highest BCUT2D eigenvalue weighted by Gasteiger charge is 2.40. The summed E-state index contributed by atoms with van der Waals surface area (Å²) in [6.45, 7) is 3.07. The maximum Gasteiger partial charge on any atom is 0.256 e. The van der Waals surface area contributed by atoms with Gasteiger partial charge in [-0.25, -0.2) is 0 Å². The second-order valence-electron chi connectivity index (χ2n) is 10.1. The Kier molecular flexibility index (Phi) is 8.48. The smallest absolute Gasteiger partial charge is 0.256 e. The summed E-state index contributed by atoms with van der Waals surface area (Å²) in [6.07, 6.45) is 7.06. The molecule has 0 bridgehead atoms. The summed E-state index contributed by atoms with van der Waals surface area (Å²) in [6, 6.07) is 24.9. The first kappa shape index (κ1) is 27.8. The van der Waals surface area contributed by atoms with E-state index in [1.165, 1.54) is 16.8 Å². The van der Waals surface area contributed by atoms with Gasteiger partial charge in [0, 0.05) is 53.0 Å². The van der Waals surface area contributed by atoms with Crippen LogP contribution in [0.1, 0.15) is 34.1 Å². The highest BCUT2D eigenvalue weighted by Crippen LogP contribution is 2.39. The Morgan fingerprint density at radius 2 is 1.70 bits per heavy atom. The summed E-state index contributed by atoms with van der Waals surface area (Å²) in [4.78, 5) is 29.5. The zero-order chi connectivity index (χ0) is 26.8. The normalized spacial score (nSPS) is 19.7. The van der Waals surface area contributed by atoms with E-state index in [0.29, 0.717) is 16.8 Å². The van der Waals surface area contributed by atoms with Crippen molar-refractivity contribution >= 4 is 41.5 Å². The molecular weight excluding hydrogens is 538 g/mol. The van der Waals surface area contributed by atoms with Gasteiger partial charge >= 0.3 is 0 Å². The summed E-state index contributed by atoms with van der Waals surface area (Å²) < 4.78 is 0. The third-order valence-corrected chi connectivity index (χ3v) is 8.74. The zero-order valence-electron chi connectivity index (χ0n) is 22.3. The Morgan fingerprint density at radius 1 is 0.950 bits per heavy atom. The van der Waals surface area contributed by atoms with Crippen molar-refractivity contribution in [3.8, 4) is 11.1 Å². The number of nitrogens with zero attached hydrogens (tertiary/aromatic N) is 1. The van der Waals surface area contributed by atoms with Crippen LogP contribution < -0.4 is 10.6 Å². The van der Waals surface area contributed by atoms with Crippen molar-refractivity contribution in [2.45, 2.75) is 19.4 Å². The predicted octanol–water partition coefficient (Wildman–Crippen LogP) is 6.92. The van der Waals surface area contributed by atoms with Gasteiger partial charge in [-0.15, -0.1) is 12.4 Å². The van der Waals surface area contributed by atoms with E-state index in [1.54, 1.807) is 0 Å². The van der Waals surface area contributed by atoms with Crippen LogP contribution in [0, 0.1) is 5.92 Å². The summed E-state index contributed by atoms with van der Waals surface area (Å²) in [5, 5.41) is 6.37. The van der Waals surface area contributed by atoms with Crippen molar-refractivity contribution in [1.82, 2.24) is 10.2 Å².